The summed E-state index contributed by atoms with van der Waals surface area (Å²) in [7, 11) is 6.46. The number of ether oxygens (including phenoxy) is 4. The monoisotopic (exact) mass is 1290 g/mol. The van der Waals surface area contributed by atoms with Crippen LogP contribution in [0.1, 0.15) is 60.9 Å². The van der Waals surface area contributed by atoms with Gasteiger partial charge in [0.25, 0.3) is 0 Å². The summed E-state index contributed by atoms with van der Waals surface area (Å²) in [6.45, 7) is 0. The van der Waals surface area contributed by atoms with E-state index in [1.54, 1.807) is 77.0 Å². The lowest BCUT2D eigenvalue weighted by atomic mass is 10.1. The van der Waals surface area contributed by atoms with E-state index in [4.69, 9.17) is 18.9 Å². The molecule has 0 saturated heterocycles. The molecule has 4 aromatic heterocycles. The number of benzene rings is 4. The zero-order chi connectivity index (χ0) is 51.8. The van der Waals surface area contributed by atoms with Crippen molar-refractivity contribution in [1.29, 1.82) is 0 Å². The maximum Gasteiger partial charge on any atom is 0.196 e. The fourth-order valence-corrected chi connectivity index (χ4v) is 12.0. The Morgan fingerprint density at radius 1 is 0.333 bits per heavy atom. The standard InChI is InChI=1S/4C14H11BrO2S/c4*1-17-13-5-3-2-4-10(13)6-7-12(16)14-11(15)8-9-18-14/h4*2-9H,1H3/b4*7-6+. The van der Waals surface area contributed by atoms with Gasteiger partial charge in [-0.1, -0.05) is 72.8 Å². The molecule has 0 bridgehead atoms. The van der Waals surface area contributed by atoms with Crippen LogP contribution >= 0.6 is 109 Å². The van der Waals surface area contributed by atoms with Crippen LogP contribution in [0.4, 0.5) is 0 Å². The maximum atomic E-state index is 12.0. The lowest BCUT2D eigenvalue weighted by Crippen LogP contribution is -1.91. The molecular formula is C56H44Br4O8S4. The molecule has 0 saturated carbocycles. The van der Waals surface area contributed by atoms with Gasteiger partial charge in [-0.3, -0.25) is 19.2 Å². The van der Waals surface area contributed by atoms with Crippen LogP contribution in [0.15, 0.2) is 185 Å². The van der Waals surface area contributed by atoms with Gasteiger partial charge in [0.15, 0.2) is 23.1 Å². The number of allylic oxidation sites excluding steroid dienone is 4. The van der Waals surface area contributed by atoms with Crippen molar-refractivity contribution < 1.29 is 38.1 Å². The van der Waals surface area contributed by atoms with Gasteiger partial charge in [0.05, 0.1) is 47.9 Å². The largest absolute Gasteiger partial charge is 0.496 e. The number of carbonyl (C=O) groups is 4. The van der Waals surface area contributed by atoms with Crippen LogP contribution in [-0.4, -0.2) is 51.6 Å². The van der Waals surface area contributed by atoms with Gasteiger partial charge in [0.2, 0.25) is 0 Å². The molecule has 8 aromatic rings. The number of hydrogen-bond donors (Lipinski definition) is 0. The second kappa shape index (κ2) is 30.5. The summed E-state index contributed by atoms with van der Waals surface area (Å²) in [5.74, 6) is 2.98. The Labute approximate surface area is 468 Å². The Kier molecular flexibility index (Phi) is 24.3. The van der Waals surface area contributed by atoms with Crippen LogP contribution in [0.3, 0.4) is 0 Å². The number of methoxy groups -OCH3 is 4. The van der Waals surface area contributed by atoms with E-state index in [0.717, 1.165) is 63.1 Å². The van der Waals surface area contributed by atoms with Crippen LogP contribution in [0, 0.1) is 0 Å². The summed E-state index contributed by atoms with van der Waals surface area (Å²) >= 11 is 19.1. The van der Waals surface area contributed by atoms with Gasteiger partial charge in [0.1, 0.15) is 23.0 Å². The molecule has 0 unspecified atom stereocenters. The lowest BCUT2D eigenvalue weighted by molar-refractivity contribution is 0.104. The van der Waals surface area contributed by atoms with E-state index in [9.17, 15) is 19.2 Å². The van der Waals surface area contributed by atoms with Crippen molar-refractivity contribution in [2.45, 2.75) is 0 Å². The van der Waals surface area contributed by atoms with Gasteiger partial charge in [-0.15, -0.1) is 45.3 Å². The Morgan fingerprint density at radius 3 is 0.694 bits per heavy atom. The van der Waals surface area contributed by atoms with Crippen LogP contribution in [0.25, 0.3) is 24.3 Å². The van der Waals surface area contributed by atoms with E-state index in [0.29, 0.717) is 19.5 Å². The normalized spacial score (nSPS) is 10.8. The number of thiophene rings is 4. The highest BCUT2D eigenvalue weighted by Crippen LogP contribution is 2.29. The van der Waals surface area contributed by atoms with E-state index in [1.165, 1.54) is 45.3 Å². The molecule has 8 rings (SSSR count). The molecule has 72 heavy (non-hydrogen) atoms. The van der Waals surface area contributed by atoms with Gasteiger partial charge in [-0.25, -0.2) is 0 Å². The molecule has 4 aromatic carbocycles. The second-order valence-corrected chi connectivity index (χ2v) is 21.2. The lowest BCUT2D eigenvalue weighted by Gasteiger charge is -2.02. The third-order valence-electron chi connectivity index (χ3n) is 9.58. The van der Waals surface area contributed by atoms with E-state index in [1.807, 2.05) is 143 Å². The molecule has 0 N–H and O–H groups in total. The maximum absolute atomic E-state index is 12.0. The van der Waals surface area contributed by atoms with E-state index < -0.39 is 0 Å². The number of hydrogen-bond acceptors (Lipinski definition) is 12. The first-order chi connectivity index (χ1) is 34.9. The fraction of sp³-hybridized carbons (Fsp3) is 0.0714. The van der Waals surface area contributed by atoms with E-state index >= 15 is 0 Å². The highest BCUT2D eigenvalue weighted by molar-refractivity contribution is 9.11. The smallest absolute Gasteiger partial charge is 0.196 e. The summed E-state index contributed by atoms with van der Waals surface area (Å²) in [5, 5.41) is 7.53. The first kappa shape index (κ1) is 57.3. The average Bonchev–Trinajstić information content (AvgIpc) is 4.25. The molecule has 0 aliphatic heterocycles. The Morgan fingerprint density at radius 2 is 0.528 bits per heavy atom. The first-order valence-electron chi connectivity index (χ1n) is 21.2. The number of para-hydroxylation sites is 4. The molecule has 0 spiro atoms. The minimum Gasteiger partial charge on any atom is -0.496 e. The first-order valence-corrected chi connectivity index (χ1v) is 27.9. The Bertz CT molecular complexity index is 2770. The summed E-state index contributed by atoms with van der Waals surface area (Å²) in [5.41, 5.74) is 3.56. The molecule has 0 aliphatic rings. The summed E-state index contributed by atoms with van der Waals surface area (Å²) < 4.78 is 24.2. The third kappa shape index (κ3) is 17.3. The molecular weight excluding hydrogens is 1250 g/mol. The highest BCUT2D eigenvalue weighted by Gasteiger charge is 2.12. The van der Waals surface area contributed by atoms with E-state index in [-0.39, 0.29) is 23.1 Å². The average molecular weight is 1290 g/mol. The number of carbonyl (C=O) groups excluding carboxylic acids is 4. The summed E-state index contributed by atoms with van der Waals surface area (Å²) in [4.78, 5) is 50.6. The van der Waals surface area contributed by atoms with Crippen LogP contribution in [0.2, 0.25) is 0 Å². The number of ketones is 4. The van der Waals surface area contributed by atoms with Gasteiger partial charge >= 0.3 is 0 Å². The van der Waals surface area contributed by atoms with Gasteiger partial charge < -0.3 is 18.9 Å². The van der Waals surface area contributed by atoms with Crippen molar-refractivity contribution in [3.8, 4) is 23.0 Å². The molecule has 368 valence electrons. The summed E-state index contributed by atoms with van der Waals surface area (Å²) in [6.07, 6.45) is 13.3. The molecule has 0 radical (unpaired) electrons. The van der Waals surface area contributed by atoms with Crippen molar-refractivity contribution in [1.82, 2.24) is 0 Å². The van der Waals surface area contributed by atoms with Crippen LogP contribution in [-0.2, 0) is 0 Å². The minimum absolute atomic E-state index is 0.0113. The molecule has 8 nitrogen and oxygen atoms in total. The SMILES string of the molecule is COc1ccccc1/C=C/C(=O)c1sccc1Br.COc1ccccc1/C=C/C(=O)c1sccc1Br.COc1ccccc1/C=C/C(=O)c1sccc1Br.COc1ccccc1/C=C/C(=O)c1sccc1Br. The summed E-state index contributed by atoms with van der Waals surface area (Å²) in [6, 6.07) is 37.8. The number of halogens is 4. The molecule has 0 aliphatic carbocycles. The quantitative estimate of drug-likeness (QED) is 0.0696. The van der Waals surface area contributed by atoms with Crippen molar-refractivity contribution in [3.05, 3.63) is 227 Å². The Hall–Kier alpha value is -5.56. The molecule has 16 heteroatoms. The third-order valence-corrected chi connectivity index (χ3v) is 17.0. The highest BCUT2D eigenvalue weighted by atomic mass is 79.9. The second-order valence-electron chi connectivity index (χ2n) is 14.1. The predicted octanol–water partition coefficient (Wildman–Crippen LogP) is 17.7. The zero-order valence-electron chi connectivity index (χ0n) is 38.9. The van der Waals surface area contributed by atoms with Gasteiger partial charge in [-0.2, -0.15) is 0 Å². The van der Waals surface area contributed by atoms with Crippen molar-refractivity contribution >= 4 is 157 Å². The number of rotatable bonds is 16. The van der Waals surface area contributed by atoms with E-state index in [2.05, 4.69) is 63.7 Å². The molecule has 0 amide bonds. The molecule has 4 heterocycles. The van der Waals surface area contributed by atoms with Gasteiger partial charge in [0, 0.05) is 40.1 Å². The fourth-order valence-electron chi connectivity index (χ4n) is 6.06. The minimum atomic E-state index is -0.0113. The van der Waals surface area contributed by atoms with Crippen molar-refractivity contribution in [3.63, 3.8) is 0 Å². The molecule has 0 atom stereocenters. The predicted molar refractivity (Wildman–Crippen MR) is 314 cm³/mol. The topological polar surface area (TPSA) is 105 Å². The molecule has 0 fully saturated rings. The van der Waals surface area contributed by atoms with Gasteiger partial charge in [-0.05, 0) is 182 Å². The van der Waals surface area contributed by atoms with Crippen molar-refractivity contribution in [2.24, 2.45) is 0 Å². The van der Waals surface area contributed by atoms with Crippen LogP contribution < -0.4 is 18.9 Å². The zero-order valence-corrected chi connectivity index (χ0v) is 48.5. The van der Waals surface area contributed by atoms with Crippen molar-refractivity contribution in [2.75, 3.05) is 28.4 Å². The Balaban J connectivity index is 0.000000178. The van der Waals surface area contributed by atoms with Crippen LogP contribution in [0.5, 0.6) is 23.0 Å².